The molecule has 2 unspecified atom stereocenters. The van der Waals surface area contributed by atoms with Crippen molar-refractivity contribution in [3.63, 3.8) is 0 Å². The molecule has 1 saturated carbocycles. The fraction of sp³-hybridized carbons (Fsp3) is 0.524. The highest BCUT2D eigenvalue weighted by atomic mass is 32.2. The van der Waals surface area contributed by atoms with Gasteiger partial charge in [-0.05, 0) is 44.9 Å². The first-order valence-corrected chi connectivity index (χ1v) is 11.3. The number of amides is 2. The minimum absolute atomic E-state index is 0.0457. The summed E-state index contributed by atoms with van der Waals surface area (Å²) in [5, 5.41) is 12.3. The first-order valence-electron chi connectivity index (χ1n) is 10.3. The third-order valence-corrected chi connectivity index (χ3v) is 6.04. The van der Waals surface area contributed by atoms with E-state index in [4.69, 9.17) is 4.74 Å². The predicted octanol–water partition coefficient (Wildman–Crippen LogP) is 2.83. The second kappa shape index (κ2) is 8.77. The monoisotopic (exact) mass is 429 g/mol. The summed E-state index contributed by atoms with van der Waals surface area (Å²) < 4.78 is 7.74. The zero-order valence-electron chi connectivity index (χ0n) is 17.5. The molecule has 4 rings (SSSR count). The van der Waals surface area contributed by atoms with E-state index in [1.165, 1.54) is 18.7 Å². The van der Waals surface area contributed by atoms with E-state index >= 15 is 0 Å². The number of nitrogens with one attached hydrogen (secondary N) is 1. The summed E-state index contributed by atoms with van der Waals surface area (Å²) in [5.41, 5.74) is 1.61. The number of benzene rings is 1. The Labute approximate surface area is 180 Å². The molecular formula is C21H27N5O3S. The van der Waals surface area contributed by atoms with Gasteiger partial charge < -0.3 is 15.0 Å². The quantitative estimate of drug-likeness (QED) is 0.711. The van der Waals surface area contributed by atoms with E-state index in [-0.39, 0.29) is 24.0 Å². The van der Waals surface area contributed by atoms with Crippen LogP contribution in [0.4, 0.5) is 5.69 Å². The Morgan fingerprint density at radius 2 is 1.93 bits per heavy atom. The highest BCUT2D eigenvalue weighted by Crippen LogP contribution is 2.41. The Morgan fingerprint density at radius 1 is 1.20 bits per heavy atom. The number of carbonyl (C=O) groups is 2. The minimum atomic E-state index is -0.118. The highest BCUT2D eigenvalue weighted by molar-refractivity contribution is 7.99. The zero-order chi connectivity index (χ0) is 21.3. The third-order valence-electron chi connectivity index (χ3n) is 5.12. The SMILES string of the molecule is CC(=O)Nc1cccc(-n2c(SCC(=O)N3CC(C)OC(C)C3)nnc2C2CC2)c1. The standard InChI is InChI=1S/C21H27N5O3S/c1-13-10-25(11-14(2)29-13)19(28)12-30-21-24-23-20(16-7-8-16)26(21)18-6-4-5-17(9-18)22-15(3)27/h4-6,9,13-14,16H,7-8,10-12H2,1-3H3,(H,22,27). The normalized spacial score (nSPS) is 21.5. The summed E-state index contributed by atoms with van der Waals surface area (Å²) in [5.74, 6) is 1.57. The summed E-state index contributed by atoms with van der Waals surface area (Å²) in [7, 11) is 0. The van der Waals surface area contributed by atoms with E-state index in [0.717, 1.165) is 30.0 Å². The van der Waals surface area contributed by atoms with Crippen LogP contribution in [0.3, 0.4) is 0 Å². The molecule has 1 N–H and O–H groups in total. The molecule has 1 aromatic carbocycles. The third kappa shape index (κ3) is 4.84. The molecule has 30 heavy (non-hydrogen) atoms. The molecule has 0 radical (unpaired) electrons. The molecule has 2 atom stereocenters. The Kier molecular flexibility index (Phi) is 6.10. The number of hydrogen-bond donors (Lipinski definition) is 1. The van der Waals surface area contributed by atoms with Crippen LogP contribution in [0.25, 0.3) is 5.69 Å². The van der Waals surface area contributed by atoms with Crippen LogP contribution in [0.2, 0.25) is 0 Å². The van der Waals surface area contributed by atoms with Crippen LogP contribution >= 0.6 is 11.8 Å². The summed E-state index contributed by atoms with van der Waals surface area (Å²) in [6, 6.07) is 7.63. The molecule has 0 spiro atoms. The van der Waals surface area contributed by atoms with Gasteiger partial charge in [-0.25, -0.2) is 0 Å². The van der Waals surface area contributed by atoms with Gasteiger partial charge in [0.2, 0.25) is 11.8 Å². The zero-order valence-corrected chi connectivity index (χ0v) is 18.3. The Morgan fingerprint density at radius 3 is 2.60 bits per heavy atom. The number of thioether (sulfide) groups is 1. The fourth-order valence-electron chi connectivity index (χ4n) is 3.75. The molecule has 2 aliphatic rings. The van der Waals surface area contributed by atoms with Gasteiger partial charge in [0.25, 0.3) is 0 Å². The van der Waals surface area contributed by atoms with Crippen molar-refractivity contribution in [2.75, 3.05) is 24.2 Å². The predicted molar refractivity (Wildman–Crippen MR) is 115 cm³/mol. The van der Waals surface area contributed by atoms with E-state index in [2.05, 4.69) is 15.5 Å². The average Bonchev–Trinajstić information content (AvgIpc) is 3.44. The van der Waals surface area contributed by atoms with Crippen LogP contribution in [0.1, 0.15) is 45.4 Å². The highest BCUT2D eigenvalue weighted by Gasteiger charge is 2.32. The Hall–Kier alpha value is -2.39. The molecule has 9 heteroatoms. The average molecular weight is 430 g/mol. The molecule has 1 saturated heterocycles. The molecule has 1 aliphatic heterocycles. The van der Waals surface area contributed by atoms with Crippen LogP contribution < -0.4 is 5.32 Å². The molecule has 2 amide bonds. The second-order valence-corrected chi connectivity index (χ2v) is 8.97. The molecule has 160 valence electrons. The van der Waals surface area contributed by atoms with Crippen molar-refractivity contribution in [3.05, 3.63) is 30.1 Å². The molecule has 2 heterocycles. The maximum absolute atomic E-state index is 12.8. The van der Waals surface area contributed by atoms with Crippen molar-refractivity contribution in [1.29, 1.82) is 0 Å². The molecule has 2 fully saturated rings. The molecule has 2 aromatic rings. The van der Waals surface area contributed by atoms with Crippen molar-refractivity contribution in [2.45, 2.75) is 56.9 Å². The lowest BCUT2D eigenvalue weighted by Gasteiger charge is -2.35. The number of morpholine rings is 1. The fourth-order valence-corrected chi connectivity index (χ4v) is 4.61. The van der Waals surface area contributed by atoms with Gasteiger partial charge in [-0.15, -0.1) is 10.2 Å². The number of aromatic nitrogens is 3. The first-order chi connectivity index (χ1) is 14.4. The van der Waals surface area contributed by atoms with Gasteiger partial charge in [-0.2, -0.15) is 0 Å². The van der Waals surface area contributed by atoms with E-state index in [9.17, 15) is 9.59 Å². The molecule has 1 aromatic heterocycles. The lowest BCUT2D eigenvalue weighted by atomic mass is 10.2. The Bertz CT molecular complexity index is 932. The van der Waals surface area contributed by atoms with Crippen LogP contribution in [0.5, 0.6) is 0 Å². The van der Waals surface area contributed by atoms with E-state index in [0.29, 0.717) is 29.9 Å². The van der Waals surface area contributed by atoms with Gasteiger partial charge in [-0.1, -0.05) is 17.8 Å². The molecule has 1 aliphatic carbocycles. The smallest absolute Gasteiger partial charge is 0.233 e. The maximum atomic E-state index is 12.8. The summed E-state index contributed by atoms with van der Waals surface area (Å²) in [6.45, 7) is 6.69. The molecule has 0 bridgehead atoms. The second-order valence-electron chi connectivity index (χ2n) is 8.03. The topological polar surface area (TPSA) is 89.4 Å². The Balaban J connectivity index is 1.53. The number of carbonyl (C=O) groups excluding carboxylic acids is 2. The van der Waals surface area contributed by atoms with Gasteiger partial charge >= 0.3 is 0 Å². The molecule has 8 nitrogen and oxygen atoms in total. The number of ether oxygens (including phenoxy) is 1. The van der Waals surface area contributed by atoms with Gasteiger partial charge in [0.15, 0.2) is 5.16 Å². The van der Waals surface area contributed by atoms with Gasteiger partial charge in [-0.3, -0.25) is 14.2 Å². The van der Waals surface area contributed by atoms with Crippen LogP contribution in [0.15, 0.2) is 29.4 Å². The number of rotatable bonds is 6. The lowest BCUT2D eigenvalue weighted by Crippen LogP contribution is -2.48. The largest absolute Gasteiger partial charge is 0.372 e. The van der Waals surface area contributed by atoms with E-state index < -0.39 is 0 Å². The first kappa shape index (κ1) is 20.9. The van der Waals surface area contributed by atoms with Crippen LogP contribution in [-0.2, 0) is 14.3 Å². The van der Waals surface area contributed by atoms with Crippen molar-refractivity contribution < 1.29 is 14.3 Å². The maximum Gasteiger partial charge on any atom is 0.233 e. The van der Waals surface area contributed by atoms with Crippen LogP contribution in [-0.4, -0.2) is 62.5 Å². The van der Waals surface area contributed by atoms with Crippen molar-refractivity contribution in [1.82, 2.24) is 19.7 Å². The van der Waals surface area contributed by atoms with Gasteiger partial charge in [0, 0.05) is 31.6 Å². The number of nitrogens with zero attached hydrogens (tertiary/aromatic N) is 4. The molecular weight excluding hydrogens is 402 g/mol. The van der Waals surface area contributed by atoms with Crippen molar-refractivity contribution in [2.24, 2.45) is 0 Å². The lowest BCUT2D eigenvalue weighted by molar-refractivity contribution is -0.140. The number of anilines is 1. The van der Waals surface area contributed by atoms with E-state index in [1.807, 2.05) is 47.6 Å². The van der Waals surface area contributed by atoms with E-state index in [1.54, 1.807) is 0 Å². The summed E-state index contributed by atoms with van der Waals surface area (Å²) in [4.78, 5) is 26.1. The van der Waals surface area contributed by atoms with Crippen molar-refractivity contribution in [3.8, 4) is 5.69 Å². The summed E-state index contributed by atoms with van der Waals surface area (Å²) >= 11 is 1.40. The van der Waals surface area contributed by atoms with Gasteiger partial charge in [0.1, 0.15) is 5.82 Å². The number of hydrogen-bond acceptors (Lipinski definition) is 6. The summed E-state index contributed by atoms with van der Waals surface area (Å²) in [6.07, 6.45) is 2.28. The van der Waals surface area contributed by atoms with Gasteiger partial charge in [0.05, 0.1) is 23.6 Å². The van der Waals surface area contributed by atoms with Crippen molar-refractivity contribution >= 4 is 29.3 Å². The minimum Gasteiger partial charge on any atom is -0.372 e. The van der Waals surface area contributed by atoms with Crippen LogP contribution in [0, 0.1) is 0 Å².